The normalized spacial score (nSPS) is 26.6. The maximum absolute atomic E-state index is 9.47. The summed E-state index contributed by atoms with van der Waals surface area (Å²) >= 11 is 0. The number of nitrogens with zero attached hydrogens (tertiary/aromatic N) is 2. The van der Waals surface area contributed by atoms with Crippen LogP contribution in [-0.2, 0) is 22.6 Å². The number of hydrogen-bond acceptors (Lipinski definition) is 5. The van der Waals surface area contributed by atoms with E-state index in [0.717, 1.165) is 58.1 Å². The van der Waals surface area contributed by atoms with Crippen LogP contribution >= 0.6 is 24.0 Å². The molecule has 2 heterocycles. The largest absolute Gasteiger partial charge is 0.396 e. The predicted molar refractivity (Wildman–Crippen MR) is 140 cm³/mol. The second-order valence-corrected chi connectivity index (χ2v) is 9.05. The summed E-state index contributed by atoms with van der Waals surface area (Å²) in [6.07, 6.45) is 2.26. The lowest BCUT2D eigenvalue weighted by atomic mass is 9.84. The Morgan fingerprint density at radius 1 is 1.19 bits per heavy atom. The quantitative estimate of drug-likeness (QED) is 0.245. The molecule has 3 unspecified atom stereocenters. The van der Waals surface area contributed by atoms with Crippen LogP contribution in [-0.4, -0.2) is 74.2 Å². The number of nitrogens with one attached hydrogen (secondary N) is 2. The summed E-state index contributed by atoms with van der Waals surface area (Å²) in [7, 11) is 0. The lowest BCUT2D eigenvalue weighted by Crippen LogP contribution is -2.45. The number of morpholine rings is 1. The minimum absolute atomic E-state index is 0. The van der Waals surface area contributed by atoms with Crippen molar-refractivity contribution in [2.24, 2.45) is 10.4 Å². The van der Waals surface area contributed by atoms with Crippen LogP contribution in [0.2, 0.25) is 0 Å². The molecule has 2 aliphatic heterocycles. The number of guanidine groups is 1. The third-order valence-electron chi connectivity index (χ3n) is 6.22. The van der Waals surface area contributed by atoms with E-state index >= 15 is 0 Å². The van der Waals surface area contributed by atoms with Gasteiger partial charge in [-0.1, -0.05) is 24.3 Å². The highest BCUT2D eigenvalue weighted by atomic mass is 127. The Kier molecular flexibility index (Phi) is 11.7. The number of aliphatic imine (C=N–C) groups is 1. The molecule has 1 aromatic carbocycles. The molecule has 2 fully saturated rings. The first-order chi connectivity index (χ1) is 15.0. The SMILES string of the molecule is CCNC(=NCc1ccccc1CN1CC(C)OC(C)C1)NCC1(CCO)CCOC1.I. The summed E-state index contributed by atoms with van der Waals surface area (Å²) < 4.78 is 11.5. The van der Waals surface area contributed by atoms with E-state index in [1.165, 1.54) is 11.1 Å². The molecule has 0 amide bonds. The van der Waals surface area contributed by atoms with Gasteiger partial charge in [0.1, 0.15) is 0 Å². The Morgan fingerprint density at radius 3 is 2.53 bits per heavy atom. The van der Waals surface area contributed by atoms with Gasteiger partial charge in [0.15, 0.2) is 5.96 Å². The summed E-state index contributed by atoms with van der Waals surface area (Å²) in [4.78, 5) is 7.34. The second-order valence-electron chi connectivity index (χ2n) is 9.05. The van der Waals surface area contributed by atoms with Gasteiger partial charge in [0, 0.05) is 51.4 Å². The van der Waals surface area contributed by atoms with Crippen molar-refractivity contribution < 1.29 is 14.6 Å². The molecule has 8 heteroatoms. The zero-order chi connectivity index (χ0) is 22.1. The molecule has 0 aliphatic carbocycles. The maximum Gasteiger partial charge on any atom is 0.191 e. The van der Waals surface area contributed by atoms with Gasteiger partial charge in [-0.25, -0.2) is 4.99 Å². The Labute approximate surface area is 210 Å². The van der Waals surface area contributed by atoms with Gasteiger partial charge in [-0.15, -0.1) is 24.0 Å². The van der Waals surface area contributed by atoms with Gasteiger partial charge >= 0.3 is 0 Å². The van der Waals surface area contributed by atoms with Crippen molar-refractivity contribution in [1.29, 1.82) is 0 Å². The fraction of sp³-hybridized carbons (Fsp3) is 0.708. The number of ether oxygens (including phenoxy) is 2. The van der Waals surface area contributed by atoms with Crippen LogP contribution in [0.3, 0.4) is 0 Å². The van der Waals surface area contributed by atoms with E-state index in [1.54, 1.807) is 0 Å². The first-order valence-electron chi connectivity index (χ1n) is 11.7. The number of aliphatic hydroxyl groups excluding tert-OH is 1. The van der Waals surface area contributed by atoms with Crippen LogP contribution < -0.4 is 10.6 Å². The molecule has 0 saturated carbocycles. The zero-order valence-corrected chi connectivity index (χ0v) is 22.1. The fourth-order valence-corrected chi connectivity index (χ4v) is 4.61. The highest BCUT2D eigenvalue weighted by Gasteiger charge is 2.34. The maximum atomic E-state index is 9.47. The van der Waals surface area contributed by atoms with Crippen LogP contribution in [0.5, 0.6) is 0 Å². The monoisotopic (exact) mass is 560 g/mol. The van der Waals surface area contributed by atoms with E-state index in [0.29, 0.717) is 13.2 Å². The molecule has 0 spiro atoms. The molecule has 3 atom stereocenters. The van der Waals surface area contributed by atoms with Gasteiger partial charge in [0.2, 0.25) is 0 Å². The Hall–Kier alpha value is -0.940. The van der Waals surface area contributed by atoms with E-state index in [2.05, 4.69) is 60.6 Å². The van der Waals surface area contributed by atoms with Crippen LogP contribution in [0.1, 0.15) is 44.7 Å². The number of benzene rings is 1. The molecule has 3 rings (SSSR count). The average Bonchev–Trinajstić information content (AvgIpc) is 3.19. The second kappa shape index (κ2) is 13.7. The molecule has 3 N–H and O–H groups in total. The fourth-order valence-electron chi connectivity index (χ4n) is 4.61. The van der Waals surface area contributed by atoms with Crippen molar-refractivity contribution in [3.05, 3.63) is 35.4 Å². The first-order valence-corrected chi connectivity index (χ1v) is 11.7. The van der Waals surface area contributed by atoms with E-state index in [4.69, 9.17) is 14.5 Å². The van der Waals surface area contributed by atoms with Crippen LogP contribution in [0.4, 0.5) is 0 Å². The summed E-state index contributed by atoms with van der Waals surface area (Å²) in [6.45, 7) is 13.0. The lowest BCUT2D eigenvalue weighted by Gasteiger charge is -2.35. The highest BCUT2D eigenvalue weighted by molar-refractivity contribution is 14.0. The van der Waals surface area contributed by atoms with Crippen molar-refractivity contribution in [2.45, 2.75) is 58.9 Å². The highest BCUT2D eigenvalue weighted by Crippen LogP contribution is 2.31. The van der Waals surface area contributed by atoms with Gasteiger partial charge in [-0.05, 0) is 44.7 Å². The van der Waals surface area contributed by atoms with Crippen molar-refractivity contribution in [2.75, 3.05) is 46.0 Å². The van der Waals surface area contributed by atoms with Crippen molar-refractivity contribution in [3.8, 4) is 0 Å². The molecule has 7 nitrogen and oxygen atoms in total. The molecule has 32 heavy (non-hydrogen) atoms. The van der Waals surface area contributed by atoms with E-state index in [1.807, 2.05) is 0 Å². The number of hydrogen-bond donors (Lipinski definition) is 3. The van der Waals surface area contributed by atoms with E-state index in [9.17, 15) is 5.11 Å². The Balaban J connectivity index is 0.00000363. The van der Waals surface area contributed by atoms with E-state index < -0.39 is 0 Å². The van der Waals surface area contributed by atoms with Gasteiger partial charge in [-0.2, -0.15) is 0 Å². The summed E-state index contributed by atoms with van der Waals surface area (Å²) in [6, 6.07) is 8.58. The van der Waals surface area contributed by atoms with Crippen LogP contribution in [0.25, 0.3) is 0 Å². The number of aliphatic hydroxyl groups is 1. The molecule has 0 bridgehead atoms. The summed E-state index contributed by atoms with van der Waals surface area (Å²) in [5, 5.41) is 16.3. The van der Waals surface area contributed by atoms with Crippen LogP contribution in [0.15, 0.2) is 29.3 Å². The molecule has 2 aliphatic rings. The molecule has 1 aromatic rings. The average molecular weight is 561 g/mol. The number of halogens is 1. The topological polar surface area (TPSA) is 78.4 Å². The van der Waals surface area contributed by atoms with Crippen molar-refractivity contribution in [1.82, 2.24) is 15.5 Å². The van der Waals surface area contributed by atoms with Crippen molar-refractivity contribution in [3.63, 3.8) is 0 Å². The molecule has 2 saturated heterocycles. The molecule has 0 aromatic heterocycles. The minimum Gasteiger partial charge on any atom is -0.396 e. The Bertz CT molecular complexity index is 702. The molecular formula is C24H41IN4O3. The third kappa shape index (κ3) is 8.13. The van der Waals surface area contributed by atoms with Gasteiger partial charge < -0.3 is 25.2 Å². The standard InChI is InChI=1S/C24H40N4O3.HI/c1-4-25-23(27-17-24(9-11-29)10-12-30-18-24)26-13-21-7-5-6-8-22(21)16-28-14-19(2)31-20(3)15-28;/h5-8,19-20,29H,4,9-18H2,1-3H3,(H2,25,26,27);1H. The summed E-state index contributed by atoms with van der Waals surface area (Å²) in [5.41, 5.74) is 2.57. The van der Waals surface area contributed by atoms with Gasteiger partial charge in [0.25, 0.3) is 0 Å². The smallest absolute Gasteiger partial charge is 0.191 e. The molecular weight excluding hydrogens is 519 g/mol. The molecule has 0 radical (unpaired) electrons. The van der Waals surface area contributed by atoms with Gasteiger partial charge in [-0.3, -0.25) is 4.90 Å². The van der Waals surface area contributed by atoms with Crippen LogP contribution in [0, 0.1) is 5.41 Å². The number of rotatable bonds is 9. The zero-order valence-electron chi connectivity index (χ0n) is 19.8. The first kappa shape index (κ1) is 27.3. The minimum atomic E-state index is -0.00737. The lowest BCUT2D eigenvalue weighted by molar-refractivity contribution is -0.0705. The summed E-state index contributed by atoms with van der Waals surface area (Å²) in [5.74, 6) is 0.815. The van der Waals surface area contributed by atoms with E-state index in [-0.39, 0.29) is 48.2 Å². The third-order valence-corrected chi connectivity index (χ3v) is 6.22. The Morgan fingerprint density at radius 2 is 1.91 bits per heavy atom. The van der Waals surface area contributed by atoms with Crippen molar-refractivity contribution >= 4 is 29.9 Å². The van der Waals surface area contributed by atoms with Gasteiger partial charge in [0.05, 0.1) is 25.4 Å². The predicted octanol–water partition coefficient (Wildman–Crippen LogP) is 2.76. The molecule has 182 valence electrons.